The van der Waals surface area contributed by atoms with Crippen LogP contribution in [0.25, 0.3) is 0 Å². The van der Waals surface area contributed by atoms with Crippen LogP contribution in [0.3, 0.4) is 0 Å². The van der Waals surface area contributed by atoms with Crippen molar-refractivity contribution in [2.24, 2.45) is 0 Å². The number of nitrogens with one attached hydrogen (secondary N) is 2. The molecular formula is C14H13Cl3FN3. The van der Waals surface area contributed by atoms with Gasteiger partial charge < -0.3 is 10.6 Å². The van der Waals surface area contributed by atoms with E-state index in [1.54, 1.807) is 6.07 Å². The largest absolute Gasteiger partial charge is 0.369 e. The average Bonchev–Trinajstić information content (AvgIpc) is 2.44. The second-order valence-corrected chi connectivity index (χ2v) is 5.55. The molecule has 112 valence electrons. The number of benzene rings is 1. The Labute approximate surface area is 137 Å². The van der Waals surface area contributed by atoms with Gasteiger partial charge in [0.1, 0.15) is 11.6 Å². The van der Waals surface area contributed by atoms with E-state index in [0.29, 0.717) is 32.4 Å². The highest BCUT2D eigenvalue weighted by Crippen LogP contribution is 2.33. The fraction of sp³-hybridized carbons (Fsp3) is 0.214. The average molecular weight is 349 g/mol. The van der Waals surface area contributed by atoms with Gasteiger partial charge in [-0.25, -0.2) is 9.37 Å². The molecule has 0 saturated carbocycles. The Hall–Kier alpha value is -1.23. The van der Waals surface area contributed by atoms with Crippen LogP contribution in [0.1, 0.15) is 13.3 Å². The van der Waals surface area contributed by atoms with Gasteiger partial charge >= 0.3 is 0 Å². The van der Waals surface area contributed by atoms with Crippen LogP contribution in [0.15, 0.2) is 24.3 Å². The van der Waals surface area contributed by atoms with E-state index in [4.69, 9.17) is 34.8 Å². The van der Waals surface area contributed by atoms with Gasteiger partial charge in [-0.15, -0.1) is 0 Å². The van der Waals surface area contributed by atoms with E-state index in [-0.39, 0.29) is 0 Å². The van der Waals surface area contributed by atoms with Crippen molar-refractivity contribution >= 4 is 52.1 Å². The number of rotatable bonds is 5. The number of nitrogens with zero attached hydrogens (tertiary/aromatic N) is 1. The molecule has 2 rings (SSSR count). The predicted molar refractivity (Wildman–Crippen MR) is 87.7 cm³/mol. The Morgan fingerprint density at radius 3 is 2.48 bits per heavy atom. The first-order valence-electron chi connectivity index (χ1n) is 6.33. The first-order valence-corrected chi connectivity index (χ1v) is 7.46. The van der Waals surface area contributed by atoms with Crippen LogP contribution < -0.4 is 10.6 Å². The summed E-state index contributed by atoms with van der Waals surface area (Å²) in [5, 5.41) is 7.12. The van der Waals surface area contributed by atoms with Crippen molar-refractivity contribution < 1.29 is 4.39 Å². The topological polar surface area (TPSA) is 37.0 Å². The van der Waals surface area contributed by atoms with Crippen LogP contribution in [-0.2, 0) is 0 Å². The Balaban J connectivity index is 2.32. The van der Waals surface area contributed by atoms with E-state index in [1.807, 2.05) is 6.92 Å². The zero-order valence-electron chi connectivity index (χ0n) is 11.2. The summed E-state index contributed by atoms with van der Waals surface area (Å²) in [6.45, 7) is 2.76. The zero-order chi connectivity index (χ0) is 15.4. The predicted octanol–water partition coefficient (Wildman–Crippen LogP) is 5.75. The first kappa shape index (κ1) is 16.1. The Kier molecular flexibility index (Phi) is 5.51. The molecular weight excluding hydrogens is 336 g/mol. The SMILES string of the molecule is CCCNc1nc(Nc2cc(F)ccc2Cl)c(Cl)cc1Cl. The van der Waals surface area contributed by atoms with E-state index in [1.165, 1.54) is 18.2 Å². The molecule has 1 aromatic heterocycles. The van der Waals surface area contributed by atoms with E-state index in [2.05, 4.69) is 15.6 Å². The van der Waals surface area contributed by atoms with Crippen molar-refractivity contribution in [2.75, 3.05) is 17.2 Å². The monoisotopic (exact) mass is 347 g/mol. The lowest BCUT2D eigenvalue weighted by Crippen LogP contribution is -2.05. The maximum atomic E-state index is 13.3. The van der Waals surface area contributed by atoms with Gasteiger partial charge in [0.15, 0.2) is 5.82 Å². The van der Waals surface area contributed by atoms with E-state index in [0.717, 1.165) is 13.0 Å². The van der Waals surface area contributed by atoms with Crippen LogP contribution in [0.5, 0.6) is 0 Å². The van der Waals surface area contributed by atoms with Crippen molar-refractivity contribution in [3.63, 3.8) is 0 Å². The highest BCUT2D eigenvalue weighted by atomic mass is 35.5. The van der Waals surface area contributed by atoms with E-state index < -0.39 is 5.82 Å². The molecule has 0 bridgehead atoms. The van der Waals surface area contributed by atoms with Crippen molar-refractivity contribution in [1.29, 1.82) is 0 Å². The van der Waals surface area contributed by atoms with Crippen LogP contribution in [0, 0.1) is 5.82 Å². The van der Waals surface area contributed by atoms with Gasteiger partial charge in [0.05, 0.1) is 20.8 Å². The molecule has 0 aliphatic rings. The fourth-order valence-corrected chi connectivity index (χ4v) is 2.28. The molecule has 0 amide bonds. The third-order valence-corrected chi connectivity index (χ3v) is 3.56. The summed E-state index contributed by atoms with van der Waals surface area (Å²) in [6.07, 6.45) is 0.930. The molecule has 1 heterocycles. The zero-order valence-corrected chi connectivity index (χ0v) is 13.5. The second kappa shape index (κ2) is 7.16. The van der Waals surface area contributed by atoms with Crippen LogP contribution in [0.4, 0.5) is 21.7 Å². The minimum absolute atomic E-state index is 0.322. The lowest BCUT2D eigenvalue weighted by atomic mass is 10.3. The third-order valence-electron chi connectivity index (χ3n) is 2.65. The molecule has 2 N–H and O–H groups in total. The molecule has 7 heteroatoms. The smallest absolute Gasteiger partial charge is 0.151 e. The number of hydrogen-bond acceptors (Lipinski definition) is 3. The summed E-state index contributed by atoms with van der Waals surface area (Å²) in [4.78, 5) is 4.31. The molecule has 3 nitrogen and oxygen atoms in total. The van der Waals surface area contributed by atoms with Crippen LogP contribution in [0.2, 0.25) is 15.1 Å². The molecule has 1 aromatic carbocycles. The van der Waals surface area contributed by atoms with Gasteiger partial charge in [0, 0.05) is 6.54 Å². The van der Waals surface area contributed by atoms with Crippen LogP contribution >= 0.6 is 34.8 Å². The highest BCUT2D eigenvalue weighted by Gasteiger charge is 2.11. The molecule has 0 atom stereocenters. The van der Waals surface area contributed by atoms with Gasteiger partial charge in [0.2, 0.25) is 0 Å². The second-order valence-electron chi connectivity index (χ2n) is 4.33. The molecule has 0 saturated heterocycles. The van der Waals surface area contributed by atoms with E-state index >= 15 is 0 Å². The Morgan fingerprint density at radius 1 is 1.05 bits per heavy atom. The molecule has 0 radical (unpaired) electrons. The maximum absolute atomic E-state index is 13.3. The van der Waals surface area contributed by atoms with Crippen molar-refractivity contribution in [1.82, 2.24) is 4.98 Å². The number of anilines is 3. The summed E-state index contributed by atoms with van der Waals surface area (Å²) < 4.78 is 13.3. The third kappa shape index (κ3) is 4.13. The quantitative estimate of drug-likeness (QED) is 0.722. The van der Waals surface area contributed by atoms with Gasteiger partial charge in [-0.2, -0.15) is 0 Å². The lowest BCUT2D eigenvalue weighted by molar-refractivity contribution is 0.628. The Morgan fingerprint density at radius 2 is 1.76 bits per heavy atom. The first-order chi connectivity index (χ1) is 10.0. The standard InChI is InChI=1S/C14H13Cl3FN3/c1-2-5-19-13-10(16)7-11(17)14(21-13)20-12-6-8(18)3-4-9(12)15/h3-4,6-7H,2,5H2,1H3,(H2,19,20,21). The normalized spacial score (nSPS) is 10.5. The lowest BCUT2D eigenvalue weighted by Gasteiger charge is -2.13. The molecule has 0 spiro atoms. The minimum atomic E-state index is -0.406. The minimum Gasteiger partial charge on any atom is -0.369 e. The molecule has 21 heavy (non-hydrogen) atoms. The summed E-state index contributed by atoms with van der Waals surface area (Å²) in [6, 6.07) is 5.58. The molecule has 0 fully saturated rings. The summed E-state index contributed by atoms with van der Waals surface area (Å²) in [5.74, 6) is 0.460. The Bertz CT molecular complexity index is 650. The fourth-order valence-electron chi connectivity index (χ4n) is 1.64. The maximum Gasteiger partial charge on any atom is 0.151 e. The molecule has 0 aliphatic heterocycles. The van der Waals surface area contributed by atoms with Crippen molar-refractivity contribution in [2.45, 2.75) is 13.3 Å². The summed E-state index contributed by atoms with van der Waals surface area (Å²) >= 11 is 18.2. The molecule has 0 aliphatic carbocycles. The highest BCUT2D eigenvalue weighted by molar-refractivity contribution is 6.37. The summed E-state index contributed by atoms with van der Waals surface area (Å²) in [7, 11) is 0. The molecule has 0 unspecified atom stereocenters. The van der Waals surface area contributed by atoms with Gasteiger partial charge in [-0.3, -0.25) is 0 Å². The summed E-state index contributed by atoms with van der Waals surface area (Å²) in [5.41, 5.74) is 0.384. The van der Waals surface area contributed by atoms with E-state index in [9.17, 15) is 4.39 Å². The van der Waals surface area contributed by atoms with Crippen molar-refractivity contribution in [3.8, 4) is 0 Å². The van der Waals surface area contributed by atoms with Crippen molar-refractivity contribution in [3.05, 3.63) is 45.2 Å². The van der Waals surface area contributed by atoms with Gasteiger partial charge in [0.25, 0.3) is 0 Å². The van der Waals surface area contributed by atoms with Crippen LogP contribution in [-0.4, -0.2) is 11.5 Å². The van der Waals surface area contributed by atoms with Gasteiger partial charge in [-0.05, 0) is 30.7 Å². The number of aromatic nitrogens is 1. The molecule has 2 aromatic rings. The number of pyridine rings is 1. The number of hydrogen-bond donors (Lipinski definition) is 2. The number of halogens is 4. The van der Waals surface area contributed by atoms with Gasteiger partial charge in [-0.1, -0.05) is 41.7 Å².